The average molecular weight is 328 g/mol. The molecule has 0 saturated carbocycles. The van der Waals surface area contributed by atoms with Gasteiger partial charge < -0.3 is 5.32 Å². The number of sulfonamides is 1. The quantitative estimate of drug-likeness (QED) is 0.821. The van der Waals surface area contributed by atoms with Gasteiger partial charge in [-0.15, -0.1) is 11.3 Å². The van der Waals surface area contributed by atoms with Crippen molar-refractivity contribution in [2.24, 2.45) is 0 Å². The molecule has 0 amide bonds. The summed E-state index contributed by atoms with van der Waals surface area (Å²) in [6.07, 6.45) is 0. The molecule has 1 aromatic heterocycles. The summed E-state index contributed by atoms with van der Waals surface area (Å²) in [7, 11) is -3.61. The van der Waals surface area contributed by atoms with Gasteiger partial charge in [-0.05, 0) is 18.7 Å². The van der Waals surface area contributed by atoms with Gasteiger partial charge in [0.2, 0.25) is 10.0 Å². The predicted octanol–water partition coefficient (Wildman–Crippen LogP) is 2.48. The van der Waals surface area contributed by atoms with E-state index in [1.54, 1.807) is 29.6 Å². The van der Waals surface area contributed by atoms with Crippen LogP contribution in [0.15, 0.2) is 40.6 Å². The molecule has 0 atom stereocenters. The van der Waals surface area contributed by atoms with Crippen molar-refractivity contribution in [3.05, 3.63) is 52.0 Å². The first kappa shape index (κ1) is 16.1. The van der Waals surface area contributed by atoms with Crippen LogP contribution in [0.5, 0.6) is 0 Å². The van der Waals surface area contributed by atoms with Crippen molar-refractivity contribution in [3.63, 3.8) is 0 Å². The molecule has 0 fully saturated rings. The lowest BCUT2D eigenvalue weighted by molar-refractivity contribution is 0.574. The van der Waals surface area contributed by atoms with Gasteiger partial charge in [-0.2, -0.15) is 0 Å². The van der Waals surface area contributed by atoms with Crippen molar-refractivity contribution >= 4 is 21.4 Å². The number of hydrogen-bond donors (Lipinski definition) is 2. The molecule has 4 nitrogen and oxygen atoms in total. The molecule has 0 aliphatic rings. The van der Waals surface area contributed by atoms with Crippen LogP contribution in [0.2, 0.25) is 0 Å². The minimum atomic E-state index is -3.61. The van der Waals surface area contributed by atoms with E-state index in [0.29, 0.717) is 12.1 Å². The Balaban J connectivity index is 2.05. The number of nitrogens with one attached hydrogen (secondary N) is 2. The maximum atomic E-state index is 13.5. The average Bonchev–Trinajstić information content (AvgIpc) is 2.94. The van der Waals surface area contributed by atoms with Gasteiger partial charge in [-0.1, -0.05) is 25.1 Å². The predicted molar refractivity (Wildman–Crippen MR) is 82.1 cm³/mol. The van der Waals surface area contributed by atoms with Gasteiger partial charge in [-0.3, -0.25) is 0 Å². The fourth-order valence-corrected chi connectivity index (χ4v) is 3.99. The molecule has 2 N–H and O–H groups in total. The zero-order valence-electron chi connectivity index (χ0n) is 11.6. The van der Waals surface area contributed by atoms with Crippen LogP contribution in [-0.2, 0) is 23.1 Å². The first-order valence-electron chi connectivity index (χ1n) is 6.54. The molecule has 21 heavy (non-hydrogen) atoms. The van der Waals surface area contributed by atoms with Crippen molar-refractivity contribution in [3.8, 4) is 0 Å². The molecule has 2 rings (SSSR count). The lowest BCUT2D eigenvalue weighted by atomic mass is 10.2. The van der Waals surface area contributed by atoms with Crippen molar-refractivity contribution in [2.45, 2.75) is 24.9 Å². The Labute approximate surface area is 128 Å². The van der Waals surface area contributed by atoms with Crippen LogP contribution in [0.4, 0.5) is 4.39 Å². The number of rotatable bonds is 7. The second-order valence-electron chi connectivity index (χ2n) is 4.45. The van der Waals surface area contributed by atoms with E-state index in [1.807, 2.05) is 6.92 Å². The normalized spacial score (nSPS) is 11.7. The van der Waals surface area contributed by atoms with Gasteiger partial charge in [0.25, 0.3) is 0 Å². The monoisotopic (exact) mass is 328 g/mol. The fraction of sp³-hybridized carbons (Fsp3) is 0.286. The Morgan fingerprint density at radius 1 is 1.24 bits per heavy atom. The Morgan fingerprint density at radius 2 is 2.00 bits per heavy atom. The molecule has 0 spiro atoms. The summed E-state index contributed by atoms with van der Waals surface area (Å²) in [6.45, 7) is 3.39. The third-order valence-electron chi connectivity index (χ3n) is 2.90. The SMILES string of the molecule is CCNCc1cc(S(=O)(=O)NCc2ccccc2F)cs1. The second-order valence-corrected chi connectivity index (χ2v) is 7.21. The van der Waals surface area contributed by atoms with Gasteiger partial charge in [0.05, 0.1) is 4.90 Å². The lowest BCUT2D eigenvalue weighted by Crippen LogP contribution is -2.23. The number of halogens is 1. The molecular formula is C14H17FN2O2S2. The molecular weight excluding hydrogens is 311 g/mol. The largest absolute Gasteiger partial charge is 0.312 e. The summed E-state index contributed by atoms with van der Waals surface area (Å²) < 4.78 is 40.2. The fourth-order valence-electron chi connectivity index (χ4n) is 1.74. The van der Waals surface area contributed by atoms with Crippen molar-refractivity contribution in [1.29, 1.82) is 0 Å². The van der Waals surface area contributed by atoms with E-state index >= 15 is 0 Å². The smallest absolute Gasteiger partial charge is 0.241 e. The van der Waals surface area contributed by atoms with Crippen LogP contribution in [0.25, 0.3) is 0 Å². The molecule has 0 saturated heterocycles. The minimum absolute atomic E-state index is 0.0621. The lowest BCUT2D eigenvalue weighted by Gasteiger charge is -2.06. The zero-order valence-corrected chi connectivity index (χ0v) is 13.2. The van der Waals surface area contributed by atoms with Crippen LogP contribution < -0.4 is 10.0 Å². The minimum Gasteiger partial charge on any atom is -0.312 e. The van der Waals surface area contributed by atoms with E-state index in [9.17, 15) is 12.8 Å². The highest BCUT2D eigenvalue weighted by atomic mass is 32.2. The van der Waals surface area contributed by atoms with E-state index < -0.39 is 15.8 Å². The van der Waals surface area contributed by atoms with E-state index in [1.165, 1.54) is 17.4 Å². The molecule has 0 aliphatic heterocycles. The third kappa shape index (κ3) is 4.34. The number of benzene rings is 1. The molecule has 7 heteroatoms. The summed E-state index contributed by atoms with van der Waals surface area (Å²) in [6, 6.07) is 7.74. The van der Waals surface area contributed by atoms with Crippen molar-refractivity contribution < 1.29 is 12.8 Å². The Morgan fingerprint density at radius 3 is 2.71 bits per heavy atom. The second kappa shape index (κ2) is 7.13. The standard InChI is InChI=1S/C14H17FN2O2S2/c1-2-16-9-12-7-13(10-20-12)21(18,19)17-8-11-5-3-4-6-14(11)15/h3-7,10,16-17H,2,8-9H2,1H3. The summed E-state index contributed by atoms with van der Waals surface area (Å²) >= 11 is 1.39. The van der Waals surface area contributed by atoms with E-state index in [4.69, 9.17) is 0 Å². The molecule has 0 bridgehead atoms. The van der Waals surface area contributed by atoms with Gasteiger partial charge in [0, 0.05) is 28.9 Å². The molecule has 0 radical (unpaired) electrons. The van der Waals surface area contributed by atoms with E-state index in [2.05, 4.69) is 10.0 Å². The van der Waals surface area contributed by atoms with Crippen LogP contribution in [-0.4, -0.2) is 15.0 Å². The Kier molecular flexibility index (Phi) is 5.46. The third-order valence-corrected chi connectivity index (χ3v) is 5.37. The summed E-state index contributed by atoms with van der Waals surface area (Å²) in [4.78, 5) is 1.17. The van der Waals surface area contributed by atoms with E-state index in [-0.39, 0.29) is 11.4 Å². The molecule has 1 heterocycles. The molecule has 0 aliphatic carbocycles. The number of thiophene rings is 1. The Bertz CT molecular complexity index is 699. The summed E-state index contributed by atoms with van der Waals surface area (Å²) in [5.41, 5.74) is 0.323. The first-order valence-corrected chi connectivity index (χ1v) is 8.90. The molecule has 114 valence electrons. The van der Waals surface area contributed by atoms with Gasteiger partial charge in [0.1, 0.15) is 5.82 Å². The first-order chi connectivity index (χ1) is 10.0. The van der Waals surface area contributed by atoms with Gasteiger partial charge in [-0.25, -0.2) is 17.5 Å². The van der Waals surface area contributed by atoms with Gasteiger partial charge >= 0.3 is 0 Å². The van der Waals surface area contributed by atoms with E-state index in [0.717, 1.165) is 11.4 Å². The highest BCUT2D eigenvalue weighted by molar-refractivity contribution is 7.89. The highest BCUT2D eigenvalue weighted by Gasteiger charge is 2.16. The van der Waals surface area contributed by atoms with Crippen LogP contribution in [0.3, 0.4) is 0 Å². The van der Waals surface area contributed by atoms with Crippen molar-refractivity contribution in [1.82, 2.24) is 10.0 Å². The Hall–Kier alpha value is -1.28. The van der Waals surface area contributed by atoms with Crippen LogP contribution >= 0.6 is 11.3 Å². The highest BCUT2D eigenvalue weighted by Crippen LogP contribution is 2.19. The summed E-state index contributed by atoms with van der Waals surface area (Å²) in [5, 5.41) is 4.73. The number of hydrogen-bond acceptors (Lipinski definition) is 4. The van der Waals surface area contributed by atoms with Crippen molar-refractivity contribution in [2.75, 3.05) is 6.54 Å². The topological polar surface area (TPSA) is 58.2 Å². The maximum absolute atomic E-state index is 13.5. The summed E-state index contributed by atoms with van der Waals surface area (Å²) in [5.74, 6) is -0.418. The maximum Gasteiger partial charge on any atom is 0.241 e. The van der Waals surface area contributed by atoms with Crippen LogP contribution in [0.1, 0.15) is 17.4 Å². The van der Waals surface area contributed by atoms with Gasteiger partial charge in [0.15, 0.2) is 0 Å². The molecule has 1 aromatic carbocycles. The van der Waals surface area contributed by atoms with Crippen LogP contribution in [0, 0.1) is 5.82 Å². The zero-order chi connectivity index (χ0) is 15.3. The molecule has 2 aromatic rings. The molecule has 0 unspecified atom stereocenters.